The molecule has 0 unspecified atom stereocenters. The fourth-order valence-electron chi connectivity index (χ4n) is 1.96. The van der Waals surface area contributed by atoms with Gasteiger partial charge in [0.25, 0.3) is 0 Å². The van der Waals surface area contributed by atoms with Crippen molar-refractivity contribution in [3.05, 3.63) is 30.3 Å². The van der Waals surface area contributed by atoms with E-state index in [4.69, 9.17) is 0 Å². The van der Waals surface area contributed by atoms with E-state index in [1.165, 1.54) is 61.1 Å². The molecular formula is C13H21NO3S. The van der Waals surface area contributed by atoms with Crippen LogP contribution in [-0.2, 0) is 10.1 Å². The average molecular weight is 271 g/mol. The smallest absolute Gasteiger partial charge is 0.124 e. The first-order valence-corrected chi connectivity index (χ1v) is 7.55. The molecule has 0 amide bonds. The zero-order chi connectivity index (χ0) is 13.6. The van der Waals surface area contributed by atoms with Crippen molar-refractivity contribution < 1.29 is 17.5 Å². The fraction of sp³-hybridized carbons (Fsp3) is 0.538. The minimum absolute atomic E-state index is 0.185. The van der Waals surface area contributed by atoms with E-state index in [2.05, 4.69) is 14.1 Å². The van der Waals surface area contributed by atoms with Gasteiger partial charge >= 0.3 is 0 Å². The predicted octanol–water partition coefficient (Wildman–Crippen LogP) is 1.84. The van der Waals surface area contributed by atoms with Gasteiger partial charge in [-0.25, -0.2) is 8.42 Å². The van der Waals surface area contributed by atoms with Gasteiger partial charge in [-0.3, -0.25) is 0 Å². The maximum atomic E-state index is 10.3. The highest BCUT2D eigenvalue weighted by atomic mass is 32.2. The van der Waals surface area contributed by atoms with Crippen LogP contribution in [0.5, 0.6) is 0 Å². The summed E-state index contributed by atoms with van der Waals surface area (Å²) in [5.74, 6) is 0. The first kappa shape index (κ1) is 15.1. The maximum Gasteiger partial charge on any atom is 0.124 e. The van der Waals surface area contributed by atoms with E-state index in [9.17, 15) is 13.0 Å². The first-order chi connectivity index (χ1) is 8.31. The molecule has 0 spiro atoms. The molecule has 18 heavy (non-hydrogen) atoms. The van der Waals surface area contributed by atoms with E-state index in [0.717, 1.165) is 0 Å². The van der Waals surface area contributed by atoms with Crippen molar-refractivity contribution in [2.75, 3.05) is 27.2 Å². The van der Waals surface area contributed by atoms with E-state index < -0.39 is 10.1 Å². The van der Waals surface area contributed by atoms with Gasteiger partial charge in [0.2, 0.25) is 0 Å². The molecule has 102 valence electrons. The summed E-state index contributed by atoms with van der Waals surface area (Å²) in [6.45, 7) is 2.78. The molecule has 1 aromatic rings. The van der Waals surface area contributed by atoms with Gasteiger partial charge in [0.05, 0.1) is 32.1 Å². The van der Waals surface area contributed by atoms with Gasteiger partial charge in [-0.2, -0.15) is 0 Å². The Morgan fingerprint density at radius 1 is 1.00 bits per heavy atom. The lowest BCUT2D eigenvalue weighted by Crippen LogP contribution is -2.43. The van der Waals surface area contributed by atoms with Crippen molar-refractivity contribution in [3.63, 3.8) is 0 Å². The monoisotopic (exact) mass is 271 g/mol. The zero-order valence-electron chi connectivity index (χ0n) is 11.0. The standard InChI is InChI=1S/C7H16N.C6H6O3S/c1-8(2)6-4-3-5-7-8;7-10(8,9)6-4-2-1-3-5-6/h3-7H2,1-2H3;1-5H,(H,7,8,9)/q+1;/p-1. The number of benzene rings is 1. The molecule has 0 saturated carbocycles. The number of hydrogen-bond donors (Lipinski definition) is 0. The van der Waals surface area contributed by atoms with Gasteiger partial charge in [0.15, 0.2) is 0 Å². The molecule has 0 aliphatic carbocycles. The Bertz CT molecular complexity index is 446. The second kappa shape index (κ2) is 6.31. The predicted molar refractivity (Wildman–Crippen MR) is 70.1 cm³/mol. The van der Waals surface area contributed by atoms with Crippen LogP contribution in [0.4, 0.5) is 0 Å². The quantitative estimate of drug-likeness (QED) is 0.578. The van der Waals surface area contributed by atoms with Crippen LogP contribution in [0, 0.1) is 0 Å². The minimum atomic E-state index is -4.25. The highest BCUT2D eigenvalue weighted by Gasteiger charge is 2.17. The van der Waals surface area contributed by atoms with Gasteiger partial charge in [-0.15, -0.1) is 0 Å². The van der Waals surface area contributed by atoms with Crippen LogP contribution < -0.4 is 0 Å². The molecule has 4 nitrogen and oxygen atoms in total. The van der Waals surface area contributed by atoms with Gasteiger partial charge in [-0.05, 0) is 31.4 Å². The lowest BCUT2D eigenvalue weighted by molar-refractivity contribution is -0.894. The van der Waals surface area contributed by atoms with Crippen molar-refractivity contribution in [3.8, 4) is 0 Å². The number of nitrogens with zero attached hydrogens (tertiary/aromatic N) is 1. The van der Waals surface area contributed by atoms with E-state index in [-0.39, 0.29) is 4.90 Å². The van der Waals surface area contributed by atoms with Crippen LogP contribution in [0.2, 0.25) is 0 Å². The molecule has 0 atom stereocenters. The number of quaternary nitrogens is 1. The number of rotatable bonds is 1. The molecule has 0 aromatic heterocycles. The fourth-order valence-corrected chi connectivity index (χ4v) is 2.45. The SMILES string of the molecule is C[N+]1(C)CCCCC1.O=S(=O)([O-])c1ccccc1. The Morgan fingerprint density at radius 2 is 1.50 bits per heavy atom. The van der Waals surface area contributed by atoms with Gasteiger partial charge in [0, 0.05) is 0 Å². The number of piperidine rings is 1. The molecule has 1 aromatic carbocycles. The Morgan fingerprint density at radius 3 is 1.78 bits per heavy atom. The molecule has 0 N–H and O–H groups in total. The summed E-state index contributed by atoms with van der Waals surface area (Å²) in [6.07, 6.45) is 4.34. The molecule has 1 saturated heterocycles. The second-order valence-electron chi connectivity index (χ2n) is 5.21. The van der Waals surface area contributed by atoms with Crippen molar-refractivity contribution in [1.29, 1.82) is 0 Å². The van der Waals surface area contributed by atoms with E-state index in [1.807, 2.05) is 0 Å². The van der Waals surface area contributed by atoms with Crippen molar-refractivity contribution in [2.45, 2.75) is 24.2 Å². The van der Waals surface area contributed by atoms with Crippen LogP contribution in [0.3, 0.4) is 0 Å². The van der Waals surface area contributed by atoms with Gasteiger partial charge in [-0.1, -0.05) is 18.2 Å². The van der Waals surface area contributed by atoms with Crippen molar-refractivity contribution in [1.82, 2.24) is 0 Å². The molecule has 1 fully saturated rings. The summed E-state index contributed by atoms with van der Waals surface area (Å²) >= 11 is 0. The lowest BCUT2D eigenvalue weighted by Gasteiger charge is -2.33. The lowest BCUT2D eigenvalue weighted by atomic mass is 10.1. The largest absolute Gasteiger partial charge is 0.744 e. The Balaban J connectivity index is 0.000000184. The van der Waals surface area contributed by atoms with E-state index >= 15 is 0 Å². The molecule has 5 heteroatoms. The highest BCUT2D eigenvalue weighted by molar-refractivity contribution is 7.85. The summed E-state index contributed by atoms with van der Waals surface area (Å²) in [5.41, 5.74) is 0. The average Bonchev–Trinajstić information content (AvgIpc) is 2.29. The van der Waals surface area contributed by atoms with E-state index in [1.54, 1.807) is 6.07 Å². The number of likely N-dealkylation sites (tertiary alicyclic amines) is 1. The molecule has 1 aliphatic rings. The summed E-state index contributed by atoms with van der Waals surface area (Å²) in [4.78, 5) is -0.185. The van der Waals surface area contributed by atoms with Crippen LogP contribution in [-0.4, -0.2) is 44.6 Å². The minimum Gasteiger partial charge on any atom is -0.744 e. The van der Waals surface area contributed by atoms with Crippen LogP contribution in [0.1, 0.15) is 19.3 Å². The third-order valence-corrected chi connectivity index (χ3v) is 3.91. The Labute approximate surface area is 110 Å². The molecule has 0 radical (unpaired) electrons. The zero-order valence-corrected chi connectivity index (χ0v) is 11.8. The normalized spacial score (nSPS) is 18.6. The van der Waals surface area contributed by atoms with Crippen LogP contribution in [0.15, 0.2) is 35.2 Å². The molecular weight excluding hydrogens is 250 g/mol. The second-order valence-corrected chi connectivity index (χ2v) is 6.59. The van der Waals surface area contributed by atoms with Crippen molar-refractivity contribution in [2.24, 2.45) is 0 Å². The summed E-state index contributed by atoms with van der Waals surface area (Å²) < 4.78 is 32.1. The number of hydrogen-bond acceptors (Lipinski definition) is 3. The van der Waals surface area contributed by atoms with Gasteiger partial charge in [0.1, 0.15) is 10.1 Å². The molecule has 0 bridgehead atoms. The van der Waals surface area contributed by atoms with Crippen molar-refractivity contribution >= 4 is 10.1 Å². The van der Waals surface area contributed by atoms with Crippen LogP contribution in [0.25, 0.3) is 0 Å². The Kier molecular flexibility index (Phi) is 5.31. The van der Waals surface area contributed by atoms with E-state index in [0.29, 0.717) is 0 Å². The molecule has 1 heterocycles. The third kappa shape index (κ3) is 5.62. The molecule has 2 rings (SSSR count). The van der Waals surface area contributed by atoms with Gasteiger partial charge < -0.3 is 9.04 Å². The maximum absolute atomic E-state index is 10.3. The topological polar surface area (TPSA) is 57.2 Å². The third-order valence-electron chi connectivity index (χ3n) is 3.06. The first-order valence-electron chi connectivity index (χ1n) is 6.14. The summed E-state index contributed by atoms with van der Waals surface area (Å²) in [7, 11) is 0.384. The highest BCUT2D eigenvalue weighted by Crippen LogP contribution is 2.12. The van der Waals surface area contributed by atoms with Crippen LogP contribution >= 0.6 is 0 Å². The Hall–Kier alpha value is -0.910. The summed E-state index contributed by atoms with van der Waals surface area (Å²) in [6, 6.07) is 7.19. The molecule has 1 aliphatic heterocycles. The summed E-state index contributed by atoms with van der Waals surface area (Å²) in [5, 5.41) is 0.